The van der Waals surface area contributed by atoms with E-state index in [2.05, 4.69) is 12.6 Å². The van der Waals surface area contributed by atoms with Crippen molar-refractivity contribution in [3.8, 4) is 0 Å². The van der Waals surface area contributed by atoms with Gasteiger partial charge in [0, 0.05) is 18.1 Å². The van der Waals surface area contributed by atoms with E-state index in [1.54, 1.807) is 0 Å². The van der Waals surface area contributed by atoms with Crippen molar-refractivity contribution in [2.75, 3.05) is 0 Å². The number of carbonyl (C=O) groups is 2. The Bertz CT molecular complexity index is 384. The second-order valence-corrected chi connectivity index (χ2v) is 4.83. The minimum absolute atomic E-state index is 0.0191. The van der Waals surface area contributed by atoms with Crippen LogP contribution in [0.15, 0.2) is 30.3 Å². The second-order valence-electron chi connectivity index (χ2n) is 4.28. The summed E-state index contributed by atoms with van der Waals surface area (Å²) in [6.07, 6.45) is 1.08. The van der Waals surface area contributed by atoms with E-state index in [1.165, 1.54) is 0 Å². The largest absolute Gasteiger partial charge is 0.299 e. The fourth-order valence-electron chi connectivity index (χ4n) is 2.17. The molecule has 3 heteroatoms. The molecule has 2 nitrogen and oxygen atoms in total. The lowest BCUT2D eigenvalue weighted by atomic mass is 9.83. The highest BCUT2D eigenvalue weighted by molar-refractivity contribution is 7.80. The lowest BCUT2D eigenvalue weighted by molar-refractivity contribution is -0.131. The molecule has 1 aliphatic carbocycles. The Morgan fingerprint density at radius 1 is 1.06 bits per heavy atom. The third-order valence-corrected chi connectivity index (χ3v) is 3.68. The molecule has 0 spiro atoms. The van der Waals surface area contributed by atoms with E-state index in [0.29, 0.717) is 12.8 Å². The molecule has 0 N–H and O–H groups in total. The molecule has 0 bridgehead atoms. The van der Waals surface area contributed by atoms with Crippen LogP contribution < -0.4 is 0 Å². The molecule has 1 atom stereocenters. The van der Waals surface area contributed by atoms with E-state index in [0.717, 1.165) is 5.56 Å². The molecule has 1 unspecified atom stereocenters. The van der Waals surface area contributed by atoms with Gasteiger partial charge in [0.25, 0.3) is 0 Å². The Balaban J connectivity index is 2.13. The maximum absolute atomic E-state index is 11.4. The van der Waals surface area contributed by atoms with Gasteiger partial charge in [-0.2, -0.15) is 12.6 Å². The smallest absolute Gasteiger partial charge is 0.140 e. The fourth-order valence-corrected chi connectivity index (χ4v) is 2.55. The van der Waals surface area contributed by atoms with Gasteiger partial charge < -0.3 is 0 Å². The van der Waals surface area contributed by atoms with Crippen LogP contribution in [-0.2, 0) is 9.59 Å². The predicted octanol–water partition coefficient (Wildman–Crippen LogP) is 2.60. The summed E-state index contributed by atoms with van der Waals surface area (Å²) in [6, 6.07) is 9.82. The molecule has 0 heterocycles. The van der Waals surface area contributed by atoms with Crippen LogP contribution in [0.1, 0.15) is 30.1 Å². The highest BCUT2D eigenvalue weighted by Crippen LogP contribution is 2.35. The van der Waals surface area contributed by atoms with E-state index in [9.17, 15) is 9.59 Å². The van der Waals surface area contributed by atoms with E-state index in [4.69, 9.17) is 0 Å². The van der Waals surface area contributed by atoms with Crippen molar-refractivity contribution >= 4 is 24.2 Å². The third-order valence-electron chi connectivity index (χ3n) is 2.96. The molecule has 0 amide bonds. The van der Waals surface area contributed by atoms with Crippen molar-refractivity contribution in [2.45, 2.75) is 24.5 Å². The lowest BCUT2D eigenvalue weighted by Gasteiger charge is -2.25. The van der Waals surface area contributed by atoms with E-state index >= 15 is 0 Å². The lowest BCUT2D eigenvalue weighted by Crippen LogP contribution is -2.25. The summed E-state index contributed by atoms with van der Waals surface area (Å²) in [7, 11) is 0. The van der Waals surface area contributed by atoms with Gasteiger partial charge in [-0.15, -0.1) is 0 Å². The van der Waals surface area contributed by atoms with Gasteiger partial charge in [0.1, 0.15) is 11.6 Å². The van der Waals surface area contributed by atoms with Crippen molar-refractivity contribution in [1.82, 2.24) is 0 Å². The standard InChI is InChI=1S/C13H14O2S/c14-11-6-10(7-12(15)8-11)13(16)9-4-2-1-3-5-9/h1-5,10,13,16H,6-8H2. The summed E-state index contributed by atoms with van der Waals surface area (Å²) >= 11 is 4.54. The van der Waals surface area contributed by atoms with Gasteiger partial charge in [0.05, 0.1) is 6.42 Å². The zero-order chi connectivity index (χ0) is 11.5. The van der Waals surface area contributed by atoms with Gasteiger partial charge in [0.2, 0.25) is 0 Å². The number of thiol groups is 1. The van der Waals surface area contributed by atoms with Crippen molar-refractivity contribution in [2.24, 2.45) is 5.92 Å². The average molecular weight is 234 g/mol. The highest BCUT2D eigenvalue weighted by Gasteiger charge is 2.30. The predicted molar refractivity (Wildman–Crippen MR) is 65.5 cm³/mol. The first-order chi connectivity index (χ1) is 7.66. The van der Waals surface area contributed by atoms with Crippen molar-refractivity contribution in [3.05, 3.63) is 35.9 Å². The number of rotatable bonds is 2. The highest BCUT2D eigenvalue weighted by atomic mass is 32.1. The van der Waals surface area contributed by atoms with Gasteiger partial charge in [0.15, 0.2) is 0 Å². The first kappa shape index (κ1) is 11.4. The molecular formula is C13H14O2S. The number of carbonyl (C=O) groups excluding carboxylic acids is 2. The molecule has 16 heavy (non-hydrogen) atoms. The maximum atomic E-state index is 11.4. The summed E-state index contributed by atoms with van der Waals surface area (Å²) in [5.41, 5.74) is 1.08. The summed E-state index contributed by atoms with van der Waals surface area (Å²) in [6.45, 7) is 0. The summed E-state index contributed by atoms with van der Waals surface area (Å²) in [4.78, 5) is 22.7. The fraction of sp³-hybridized carbons (Fsp3) is 0.385. The Hall–Kier alpha value is -1.09. The monoisotopic (exact) mass is 234 g/mol. The molecule has 1 aliphatic rings. The average Bonchev–Trinajstić information content (AvgIpc) is 2.28. The van der Waals surface area contributed by atoms with Gasteiger partial charge in [-0.25, -0.2) is 0 Å². The Morgan fingerprint density at radius 3 is 2.19 bits per heavy atom. The van der Waals surface area contributed by atoms with Crippen LogP contribution in [0, 0.1) is 5.92 Å². The van der Waals surface area contributed by atoms with E-state index < -0.39 is 0 Å². The SMILES string of the molecule is O=C1CC(=O)CC(C(S)c2ccccc2)C1. The van der Waals surface area contributed by atoms with Crippen LogP contribution in [0.2, 0.25) is 0 Å². The van der Waals surface area contributed by atoms with Gasteiger partial charge in [-0.1, -0.05) is 30.3 Å². The zero-order valence-electron chi connectivity index (χ0n) is 8.93. The Labute approximate surface area is 100 Å². The molecule has 0 radical (unpaired) electrons. The molecular weight excluding hydrogens is 220 g/mol. The Morgan fingerprint density at radius 2 is 1.62 bits per heavy atom. The minimum Gasteiger partial charge on any atom is -0.299 e. The molecule has 1 fully saturated rings. The zero-order valence-corrected chi connectivity index (χ0v) is 9.82. The van der Waals surface area contributed by atoms with Crippen LogP contribution >= 0.6 is 12.6 Å². The number of hydrogen-bond acceptors (Lipinski definition) is 3. The maximum Gasteiger partial charge on any atom is 0.140 e. The van der Waals surface area contributed by atoms with Crippen LogP contribution in [0.25, 0.3) is 0 Å². The molecule has 1 aromatic carbocycles. The number of benzene rings is 1. The summed E-state index contributed by atoms with van der Waals surface area (Å²) < 4.78 is 0. The molecule has 0 saturated heterocycles. The molecule has 1 saturated carbocycles. The summed E-state index contributed by atoms with van der Waals surface area (Å²) in [5.74, 6) is 0.159. The number of hydrogen-bond donors (Lipinski definition) is 1. The van der Waals surface area contributed by atoms with Crippen LogP contribution in [0.5, 0.6) is 0 Å². The molecule has 2 rings (SSSR count). The Kier molecular flexibility index (Phi) is 3.44. The van der Waals surface area contributed by atoms with Crippen molar-refractivity contribution in [1.29, 1.82) is 0 Å². The van der Waals surface area contributed by atoms with E-state index in [1.807, 2.05) is 30.3 Å². The molecule has 84 valence electrons. The third kappa shape index (κ3) is 2.53. The first-order valence-electron chi connectivity index (χ1n) is 5.43. The van der Waals surface area contributed by atoms with Gasteiger partial charge >= 0.3 is 0 Å². The quantitative estimate of drug-likeness (QED) is 0.630. The number of Topliss-reactive ketones (excluding diaryl/α,β-unsaturated/α-hetero) is 2. The second kappa shape index (κ2) is 4.83. The molecule has 0 aliphatic heterocycles. The topological polar surface area (TPSA) is 34.1 Å². The normalized spacial score (nSPS) is 19.8. The van der Waals surface area contributed by atoms with Crippen LogP contribution in [0.4, 0.5) is 0 Å². The minimum atomic E-state index is -0.0191. The first-order valence-corrected chi connectivity index (χ1v) is 5.95. The van der Waals surface area contributed by atoms with Crippen molar-refractivity contribution in [3.63, 3.8) is 0 Å². The van der Waals surface area contributed by atoms with Crippen LogP contribution in [0.3, 0.4) is 0 Å². The van der Waals surface area contributed by atoms with Crippen LogP contribution in [-0.4, -0.2) is 11.6 Å². The number of ketones is 2. The van der Waals surface area contributed by atoms with Gasteiger partial charge in [-0.05, 0) is 11.5 Å². The van der Waals surface area contributed by atoms with Crippen molar-refractivity contribution < 1.29 is 9.59 Å². The summed E-state index contributed by atoms with van der Waals surface area (Å²) in [5, 5.41) is -0.0191. The molecule has 0 aromatic heterocycles. The van der Waals surface area contributed by atoms with E-state index in [-0.39, 0.29) is 29.2 Å². The van der Waals surface area contributed by atoms with Gasteiger partial charge in [-0.3, -0.25) is 9.59 Å². The molecule has 1 aromatic rings.